The van der Waals surface area contributed by atoms with E-state index in [-0.39, 0.29) is 18.3 Å². The maximum atomic E-state index is 14.8. The Bertz CT molecular complexity index is 1400. The second-order valence-corrected chi connectivity index (χ2v) is 9.88. The standard InChI is InChI=1S/C28H30ClFN6O2/c29-18-4-5-23(30)22(13-18)28-21(3-1-2-8-33-28)24-6-7-25-26(35-24)14-19(16-34-25)32-10-12-36-11-9-31-17-20(36)15-27(37)38/h2,4-8,13-14,16,20,31-33H,1,3,9-12,15,17H2,(H,37,38). The van der Waals surface area contributed by atoms with E-state index in [1.807, 2.05) is 30.5 Å². The molecule has 1 saturated heterocycles. The molecule has 1 aromatic carbocycles. The molecule has 0 saturated carbocycles. The fourth-order valence-electron chi connectivity index (χ4n) is 4.97. The van der Waals surface area contributed by atoms with Gasteiger partial charge >= 0.3 is 5.97 Å². The summed E-state index contributed by atoms with van der Waals surface area (Å²) in [5.41, 5.74) is 5.04. The lowest BCUT2D eigenvalue weighted by molar-refractivity contribution is -0.138. The first kappa shape index (κ1) is 26.1. The molecule has 0 spiro atoms. The first-order valence-electron chi connectivity index (χ1n) is 12.8. The monoisotopic (exact) mass is 536 g/mol. The number of allylic oxidation sites excluding steroid dienone is 2. The molecule has 1 fully saturated rings. The molecule has 1 atom stereocenters. The van der Waals surface area contributed by atoms with Crippen LogP contribution in [0.5, 0.6) is 0 Å². The average Bonchev–Trinajstić information content (AvgIpc) is 3.16. The summed E-state index contributed by atoms with van der Waals surface area (Å²) >= 11 is 6.19. The molecule has 38 heavy (non-hydrogen) atoms. The average molecular weight is 537 g/mol. The van der Waals surface area contributed by atoms with Gasteiger partial charge in [0.1, 0.15) is 5.82 Å². The summed E-state index contributed by atoms with van der Waals surface area (Å²) in [6, 6.07) is 10.3. The van der Waals surface area contributed by atoms with E-state index in [0.29, 0.717) is 35.8 Å². The molecular weight excluding hydrogens is 507 g/mol. The number of aromatic nitrogens is 2. The summed E-state index contributed by atoms with van der Waals surface area (Å²) in [5, 5.41) is 19.6. The van der Waals surface area contributed by atoms with Crippen LogP contribution >= 0.6 is 11.6 Å². The number of anilines is 1. The Morgan fingerprint density at radius 2 is 2.13 bits per heavy atom. The number of halogens is 2. The first-order valence-corrected chi connectivity index (χ1v) is 13.1. The maximum absolute atomic E-state index is 14.8. The highest BCUT2D eigenvalue weighted by atomic mass is 35.5. The number of nitrogens with zero attached hydrogens (tertiary/aromatic N) is 3. The molecule has 3 aromatic rings. The van der Waals surface area contributed by atoms with Crippen LogP contribution in [0, 0.1) is 5.82 Å². The van der Waals surface area contributed by atoms with Crippen LogP contribution in [0.3, 0.4) is 0 Å². The second kappa shape index (κ2) is 11.9. The fourth-order valence-corrected chi connectivity index (χ4v) is 5.14. The lowest BCUT2D eigenvalue weighted by Crippen LogP contribution is -2.53. The number of carboxylic acids is 1. The lowest BCUT2D eigenvalue weighted by atomic mass is 9.99. The normalized spacial score (nSPS) is 18.3. The molecule has 4 heterocycles. The van der Waals surface area contributed by atoms with Gasteiger partial charge in [-0.2, -0.15) is 0 Å². The van der Waals surface area contributed by atoms with Crippen LogP contribution in [0.1, 0.15) is 30.5 Å². The third kappa shape index (κ3) is 6.12. The van der Waals surface area contributed by atoms with Gasteiger partial charge in [-0.25, -0.2) is 9.37 Å². The van der Waals surface area contributed by atoms with Crippen molar-refractivity contribution in [3.8, 4) is 0 Å². The quantitative estimate of drug-likeness (QED) is 0.337. The molecule has 0 bridgehead atoms. The number of benzene rings is 1. The van der Waals surface area contributed by atoms with Crippen LogP contribution in [0.4, 0.5) is 10.1 Å². The van der Waals surface area contributed by atoms with Gasteiger partial charge in [0.2, 0.25) is 0 Å². The molecule has 10 heteroatoms. The molecule has 2 aliphatic heterocycles. The number of pyridine rings is 2. The zero-order valence-corrected chi connectivity index (χ0v) is 21.6. The minimum atomic E-state index is -0.784. The van der Waals surface area contributed by atoms with E-state index in [4.69, 9.17) is 16.6 Å². The van der Waals surface area contributed by atoms with Gasteiger partial charge in [-0.1, -0.05) is 17.7 Å². The van der Waals surface area contributed by atoms with Gasteiger partial charge in [0.25, 0.3) is 0 Å². The molecule has 0 amide bonds. The molecule has 4 N–H and O–H groups in total. The lowest BCUT2D eigenvalue weighted by Gasteiger charge is -2.35. The number of rotatable bonds is 8. The Morgan fingerprint density at radius 3 is 3.00 bits per heavy atom. The Balaban J connectivity index is 1.37. The van der Waals surface area contributed by atoms with Gasteiger partial charge in [0.05, 0.1) is 40.7 Å². The van der Waals surface area contributed by atoms with E-state index in [0.717, 1.165) is 54.0 Å². The van der Waals surface area contributed by atoms with Crippen LogP contribution in [-0.2, 0) is 4.79 Å². The van der Waals surface area contributed by atoms with Crippen molar-refractivity contribution in [2.24, 2.45) is 0 Å². The van der Waals surface area contributed by atoms with Crippen LogP contribution in [-0.4, -0.2) is 64.7 Å². The molecule has 5 rings (SSSR count). The molecule has 2 aliphatic rings. The molecule has 198 valence electrons. The van der Waals surface area contributed by atoms with Crippen molar-refractivity contribution in [3.05, 3.63) is 77.0 Å². The predicted octanol–water partition coefficient (Wildman–Crippen LogP) is 4.35. The largest absolute Gasteiger partial charge is 0.481 e. The van der Waals surface area contributed by atoms with Gasteiger partial charge in [-0.05, 0) is 55.4 Å². The summed E-state index contributed by atoms with van der Waals surface area (Å²) in [5.74, 6) is -1.14. The molecule has 2 aromatic heterocycles. The zero-order chi connectivity index (χ0) is 26.5. The van der Waals surface area contributed by atoms with E-state index >= 15 is 0 Å². The highest BCUT2D eigenvalue weighted by molar-refractivity contribution is 6.30. The van der Waals surface area contributed by atoms with E-state index in [1.54, 1.807) is 12.3 Å². The van der Waals surface area contributed by atoms with Crippen LogP contribution in [0.25, 0.3) is 22.3 Å². The van der Waals surface area contributed by atoms with Crippen LogP contribution in [0.2, 0.25) is 5.02 Å². The topological polar surface area (TPSA) is 102 Å². The number of hydrogen-bond acceptors (Lipinski definition) is 7. The summed E-state index contributed by atoms with van der Waals surface area (Å²) in [6.07, 6.45) is 7.23. The number of nitrogens with one attached hydrogen (secondary N) is 3. The zero-order valence-electron chi connectivity index (χ0n) is 20.9. The Kier molecular flexibility index (Phi) is 8.17. The number of piperazine rings is 1. The highest BCUT2D eigenvalue weighted by Crippen LogP contribution is 2.32. The van der Waals surface area contributed by atoms with Crippen LogP contribution in [0.15, 0.2) is 54.9 Å². The third-order valence-electron chi connectivity index (χ3n) is 6.86. The van der Waals surface area contributed by atoms with Crippen molar-refractivity contribution >= 4 is 45.6 Å². The summed E-state index contributed by atoms with van der Waals surface area (Å²) in [4.78, 5) is 22.9. The minimum Gasteiger partial charge on any atom is -0.481 e. The van der Waals surface area contributed by atoms with Gasteiger partial charge in [-0.3, -0.25) is 14.7 Å². The fraction of sp³-hybridized carbons (Fsp3) is 0.321. The molecule has 8 nitrogen and oxygen atoms in total. The number of carbonyl (C=O) groups is 1. The Labute approximate surface area is 225 Å². The maximum Gasteiger partial charge on any atom is 0.304 e. The van der Waals surface area contributed by atoms with Crippen molar-refractivity contribution in [2.75, 3.05) is 38.0 Å². The second-order valence-electron chi connectivity index (χ2n) is 9.44. The minimum absolute atomic E-state index is 0.0171. The van der Waals surface area contributed by atoms with Crippen molar-refractivity contribution in [3.63, 3.8) is 0 Å². The molecule has 1 unspecified atom stereocenters. The van der Waals surface area contributed by atoms with Gasteiger partial charge in [0, 0.05) is 54.9 Å². The summed E-state index contributed by atoms with van der Waals surface area (Å²) < 4.78 is 14.8. The van der Waals surface area contributed by atoms with E-state index < -0.39 is 5.97 Å². The third-order valence-corrected chi connectivity index (χ3v) is 7.10. The molecule has 0 aliphatic carbocycles. The predicted molar refractivity (Wildman–Crippen MR) is 148 cm³/mol. The van der Waals surface area contributed by atoms with Gasteiger partial charge in [0.15, 0.2) is 0 Å². The number of fused-ring (bicyclic) bond motifs is 1. The van der Waals surface area contributed by atoms with Crippen molar-refractivity contribution in [1.82, 2.24) is 25.5 Å². The molecule has 0 radical (unpaired) electrons. The van der Waals surface area contributed by atoms with Gasteiger partial charge in [-0.15, -0.1) is 0 Å². The van der Waals surface area contributed by atoms with Crippen molar-refractivity contribution in [2.45, 2.75) is 25.3 Å². The van der Waals surface area contributed by atoms with Crippen molar-refractivity contribution < 1.29 is 14.3 Å². The first-order chi connectivity index (χ1) is 18.5. The van der Waals surface area contributed by atoms with Crippen LogP contribution < -0.4 is 16.0 Å². The summed E-state index contributed by atoms with van der Waals surface area (Å²) in [7, 11) is 0. The highest BCUT2D eigenvalue weighted by Gasteiger charge is 2.24. The summed E-state index contributed by atoms with van der Waals surface area (Å²) in [6.45, 7) is 3.72. The van der Waals surface area contributed by atoms with Crippen molar-refractivity contribution in [1.29, 1.82) is 0 Å². The number of carboxylic acid groups (broad SMARTS) is 1. The van der Waals surface area contributed by atoms with E-state index in [9.17, 15) is 14.3 Å². The Morgan fingerprint density at radius 1 is 1.24 bits per heavy atom. The number of aliphatic carboxylic acids is 1. The number of hydrogen-bond donors (Lipinski definition) is 4. The van der Waals surface area contributed by atoms with Gasteiger partial charge < -0.3 is 21.1 Å². The Hall–Kier alpha value is -3.53. The van der Waals surface area contributed by atoms with E-state index in [1.165, 1.54) is 12.1 Å². The smallest absolute Gasteiger partial charge is 0.304 e. The molecular formula is C28H30ClFN6O2. The SMILES string of the molecule is O=C(O)CC1CNCCN1CCNc1cnc2ccc(C3=C(c4cc(Cl)ccc4F)NC=CCC3)nc2c1. The van der Waals surface area contributed by atoms with E-state index in [2.05, 4.69) is 25.8 Å².